The van der Waals surface area contributed by atoms with Gasteiger partial charge in [-0.15, -0.1) is 11.8 Å². The number of hydrogen-bond donors (Lipinski definition) is 1. The third-order valence-electron chi connectivity index (χ3n) is 3.88. The van der Waals surface area contributed by atoms with Crippen LogP contribution in [-0.4, -0.2) is 24.1 Å². The van der Waals surface area contributed by atoms with Crippen molar-refractivity contribution in [1.29, 1.82) is 0 Å². The number of rotatable bonds is 4. The lowest BCUT2D eigenvalue weighted by Crippen LogP contribution is -2.35. The first kappa shape index (κ1) is 16.9. The summed E-state index contributed by atoms with van der Waals surface area (Å²) < 4.78 is 0. The molecule has 2 aromatic carbocycles. The zero-order valence-electron chi connectivity index (χ0n) is 13.2. The summed E-state index contributed by atoms with van der Waals surface area (Å²) in [5.41, 5.74) is 2.21. The van der Waals surface area contributed by atoms with Gasteiger partial charge in [-0.05, 0) is 36.8 Å². The van der Waals surface area contributed by atoms with Crippen LogP contribution in [0, 0.1) is 0 Å². The van der Waals surface area contributed by atoms with Crippen LogP contribution in [0.25, 0.3) is 0 Å². The Kier molecular flexibility index (Phi) is 5.11. The molecule has 6 heteroatoms. The van der Waals surface area contributed by atoms with Crippen molar-refractivity contribution in [3.63, 3.8) is 0 Å². The van der Waals surface area contributed by atoms with Gasteiger partial charge in [0, 0.05) is 28.6 Å². The van der Waals surface area contributed by atoms with Gasteiger partial charge < -0.3 is 10.2 Å². The number of carbonyl (C=O) groups is 2. The Morgan fingerprint density at radius 3 is 2.83 bits per heavy atom. The molecule has 0 aromatic heterocycles. The molecular weight excluding hydrogens is 344 g/mol. The molecule has 1 aliphatic heterocycles. The molecule has 24 heavy (non-hydrogen) atoms. The first-order valence-corrected chi connectivity index (χ1v) is 9.05. The topological polar surface area (TPSA) is 49.4 Å². The Labute approximate surface area is 150 Å². The summed E-state index contributed by atoms with van der Waals surface area (Å²) in [6.07, 6.45) is 0. The number of amides is 2. The van der Waals surface area contributed by atoms with Crippen LogP contribution in [0.3, 0.4) is 0 Å². The maximum Gasteiger partial charge on any atom is 0.251 e. The minimum atomic E-state index is -0.184. The SMILES string of the molecule is CCN1C(=O)CSc2ccc(C(=O)NCc3ccccc3Cl)cc21. The van der Waals surface area contributed by atoms with E-state index in [1.54, 1.807) is 23.1 Å². The zero-order valence-corrected chi connectivity index (χ0v) is 14.8. The van der Waals surface area contributed by atoms with Crippen molar-refractivity contribution in [2.75, 3.05) is 17.2 Å². The van der Waals surface area contributed by atoms with Crippen molar-refractivity contribution in [3.05, 3.63) is 58.6 Å². The van der Waals surface area contributed by atoms with E-state index < -0.39 is 0 Å². The molecule has 124 valence electrons. The van der Waals surface area contributed by atoms with Crippen LogP contribution < -0.4 is 10.2 Å². The Balaban J connectivity index is 1.77. The molecule has 0 atom stereocenters. The minimum Gasteiger partial charge on any atom is -0.348 e. The smallest absolute Gasteiger partial charge is 0.251 e. The molecule has 0 radical (unpaired) electrons. The summed E-state index contributed by atoms with van der Waals surface area (Å²) in [5.74, 6) is 0.333. The number of anilines is 1. The fourth-order valence-electron chi connectivity index (χ4n) is 2.61. The van der Waals surface area contributed by atoms with Gasteiger partial charge in [0.25, 0.3) is 5.91 Å². The highest BCUT2D eigenvalue weighted by molar-refractivity contribution is 8.00. The molecule has 0 saturated carbocycles. The quantitative estimate of drug-likeness (QED) is 0.903. The molecule has 1 aliphatic rings. The maximum absolute atomic E-state index is 12.4. The zero-order chi connectivity index (χ0) is 17.1. The molecule has 4 nitrogen and oxygen atoms in total. The van der Waals surface area contributed by atoms with Gasteiger partial charge in [-0.25, -0.2) is 0 Å². The third kappa shape index (κ3) is 3.42. The lowest BCUT2D eigenvalue weighted by molar-refractivity contribution is -0.116. The molecule has 0 saturated heterocycles. The summed E-state index contributed by atoms with van der Waals surface area (Å²) in [6, 6.07) is 12.9. The summed E-state index contributed by atoms with van der Waals surface area (Å²) >= 11 is 7.61. The fourth-order valence-corrected chi connectivity index (χ4v) is 3.73. The summed E-state index contributed by atoms with van der Waals surface area (Å²) in [5, 5.41) is 3.50. The first-order valence-electron chi connectivity index (χ1n) is 7.69. The van der Waals surface area contributed by atoms with Crippen molar-refractivity contribution in [2.24, 2.45) is 0 Å². The summed E-state index contributed by atoms with van der Waals surface area (Å²) in [4.78, 5) is 27.2. The fraction of sp³-hybridized carbons (Fsp3) is 0.222. The van der Waals surface area contributed by atoms with E-state index in [0.29, 0.717) is 29.4 Å². The predicted octanol–water partition coefficient (Wildman–Crippen LogP) is 3.73. The van der Waals surface area contributed by atoms with Crippen LogP contribution in [0.15, 0.2) is 47.4 Å². The lowest BCUT2D eigenvalue weighted by atomic mass is 10.1. The predicted molar refractivity (Wildman–Crippen MR) is 97.8 cm³/mol. The third-order valence-corrected chi connectivity index (χ3v) is 5.29. The van der Waals surface area contributed by atoms with E-state index in [4.69, 9.17) is 11.6 Å². The highest BCUT2D eigenvalue weighted by atomic mass is 35.5. The Morgan fingerprint density at radius 1 is 1.29 bits per heavy atom. The van der Waals surface area contributed by atoms with Crippen LogP contribution in [0.4, 0.5) is 5.69 Å². The number of halogens is 1. The van der Waals surface area contributed by atoms with E-state index in [9.17, 15) is 9.59 Å². The molecule has 1 heterocycles. The number of nitrogens with zero attached hydrogens (tertiary/aromatic N) is 1. The van der Waals surface area contributed by atoms with Gasteiger partial charge in [0.2, 0.25) is 5.91 Å². The van der Waals surface area contributed by atoms with Crippen LogP contribution in [0.2, 0.25) is 5.02 Å². The van der Waals surface area contributed by atoms with Crippen molar-refractivity contribution < 1.29 is 9.59 Å². The molecule has 2 aromatic rings. The number of hydrogen-bond acceptors (Lipinski definition) is 3. The van der Waals surface area contributed by atoms with Crippen LogP contribution >= 0.6 is 23.4 Å². The number of nitrogens with one attached hydrogen (secondary N) is 1. The second kappa shape index (κ2) is 7.28. The van der Waals surface area contributed by atoms with Crippen molar-refractivity contribution in [3.8, 4) is 0 Å². The van der Waals surface area contributed by atoms with Crippen molar-refractivity contribution in [2.45, 2.75) is 18.4 Å². The van der Waals surface area contributed by atoms with Crippen molar-refractivity contribution in [1.82, 2.24) is 5.32 Å². The minimum absolute atomic E-state index is 0.0728. The van der Waals surface area contributed by atoms with Crippen LogP contribution in [-0.2, 0) is 11.3 Å². The standard InChI is InChI=1S/C18H17ClN2O2S/c1-2-21-15-9-12(7-8-16(15)24-11-17(21)22)18(23)20-10-13-5-3-4-6-14(13)19/h3-9H,2,10-11H2,1H3,(H,20,23). The number of benzene rings is 2. The van der Waals surface area contributed by atoms with E-state index >= 15 is 0 Å². The second-order valence-corrected chi connectivity index (χ2v) is 6.81. The molecule has 3 rings (SSSR count). The summed E-state index contributed by atoms with van der Waals surface area (Å²) in [7, 11) is 0. The first-order chi connectivity index (χ1) is 11.6. The molecule has 0 fully saturated rings. The van der Waals surface area contributed by atoms with E-state index in [1.165, 1.54) is 11.8 Å². The Bertz CT molecular complexity index is 794. The van der Waals surface area contributed by atoms with Gasteiger partial charge >= 0.3 is 0 Å². The van der Waals surface area contributed by atoms with Gasteiger partial charge in [-0.1, -0.05) is 29.8 Å². The summed E-state index contributed by atoms with van der Waals surface area (Å²) in [6.45, 7) is 2.89. The molecule has 2 amide bonds. The van der Waals surface area contributed by atoms with E-state index in [0.717, 1.165) is 16.1 Å². The molecule has 1 N–H and O–H groups in total. The van der Waals surface area contributed by atoms with Gasteiger partial charge in [0.05, 0.1) is 11.4 Å². The molecule has 0 aliphatic carbocycles. The highest BCUT2D eigenvalue weighted by Crippen LogP contribution is 2.35. The van der Waals surface area contributed by atoms with Crippen LogP contribution in [0.1, 0.15) is 22.8 Å². The maximum atomic E-state index is 12.4. The lowest BCUT2D eigenvalue weighted by Gasteiger charge is -2.28. The molecule has 0 bridgehead atoms. The highest BCUT2D eigenvalue weighted by Gasteiger charge is 2.24. The van der Waals surface area contributed by atoms with E-state index in [-0.39, 0.29) is 11.8 Å². The molecule has 0 unspecified atom stereocenters. The average Bonchev–Trinajstić information content (AvgIpc) is 2.60. The molecular formula is C18H17ClN2O2S. The normalized spacial score (nSPS) is 13.6. The monoisotopic (exact) mass is 360 g/mol. The van der Waals surface area contributed by atoms with E-state index in [1.807, 2.05) is 31.2 Å². The Morgan fingerprint density at radius 2 is 2.08 bits per heavy atom. The van der Waals surface area contributed by atoms with Gasteiger partial charge in [0.15, 0.2) is 0 Å². The Hall–Kier alpha value is -1.98. The number of fused-ring (bicyclic) bond motifs is 1. The molecule has 0 spiro atoms. The van der Waals surface area contributed by atoms with Gasteiger partial charge in [-0.3, -0.25) is 9.59 Å². The van der Waals surface area contributed by atoms with E-state index in [2.05, 4.69) is 5.32 Å². The number of carbonyl (C=O) groups excluding carboxylic acids is 2. The second-order valence-electron chi connectivity index (χ2n) is 5.38. The number of thioether (sulfide) groups is 1. The van der Waals surface area contributed by atoms with Gasteiger partial charge in [-0.2, -0.15) is 0 Å². The largest absolute Gasteiger partial charge is 0.348 e. The van der Waals surface area contributed by atoms with Gasteiger partial charge in [0.1, 0.15) is 0 Å². The average molecular weight is 361 g/mol. The van der Waals surface area contributed by atoms with Crippen LogP contribution in [0.5, 0.6) is 0 Å². The van der Waals surface area contributed by atoms with Crippen molar-refractivity contribution >= 4 is 40.9 Å².